The van der Waals surface area contributed by atoms with Gasteiger partial charge in [0.1, 0.15) is 0 Å². The summed E-state index contributed by atoms with van der Waals surface area (Å²) in [5.74, 6) is 0. The highest BCUT2D eigenvalue weighted by Crippen LogP contribution is 2.33. The van der Waals surface area contributed by atoms with Gasteiger partial charge in [-0.1, -0.05) is 12.2 Å². The van der Waals surface area contributed by atoms with Gasteiger partial charge in [-0.15, -0.1) is 6.58 Å². The first kappa shape index (κ1) is 9.27. The molecule has 0 aromatic carbocycles. The lowest BCUT2D eigenvalue weighted by atomic mass is 10.0. The second kappa shape index (κ2) is 3.72. The minimum Gasteiger partial charge on any atom is -0.388 e. The Morgan fingerprint density at radius 2 is 2.33 bits per heavy atom. The number of hydrogen-bond acceptors (Lipinski definition) is 1. The molecular formula is C11H16O. The number of allylic oxidation sites excluding steroid dienone is 3. The van der Waals surface area contributed by atoms with Crippen molar-refractivity contribution in [1.29, 1.82) is 0 Å². The molecule has 1 atom stereocenters. The van der Waals surface area contributed by atoms with Gasteiger partial charge in [-0.2, -0.15) is 0 Å². The zero-order chi connectivity index (χ0) is 9.14. The first-order chi connectivity index (χ1) is 5.70. The van der Waals surface area contributed by atoms with Crippen molar-refractivity contribution in [3.05, 3.63) is 35.5 Å². The lowest BCUT2D eigenvalue weighted by Gasteiger charge is -2.01. The molecule has 1 N–H and O–H groups in total. The van der Waals surface area contributed by atoms with E-state index in [4.69, 9.17) is 0 Å². The quantitative estimate of drug-likeness (QED) is 0.622. The Morgan fingerprint density at radius 3 is 2.83 bits per heavy atom. The molecule has 0 saturated heterocycles. The molecule has 0 saturated carbocycles. The van der Waals surface area contributed by atoms with Gasteiger partial charge in [-0.3, -0.25) is 0 Å². The fourth-order valence-electron chi connectivity index (χ4n) is 1.67. The minimum atomic E-state index is -0.258. The average Bonchev–Trinajstić information content (AvgIpc) is 2.33. The smallest absolute Gasteiger partial charge is 0.0793 e. The highest BCUT2D eigenvalue weighted by atomic mass is 16.3. The first-order valence-electron chi connectivity index (χ1n) is 4.34. The molecule has 0 spiro atoms. The predicted octanol–water partition coefficient (Wildman–Crippen LogP) is 2.59. The summed E-state index contributed by atoms with van der Waals surface area (Å²) in [5.41, 5.74) is 3.67. The van der Waals surface area contributed by atoms with Crippen LogP contribution in [0.4, 0.5) is 0 Å². The van der Waals surface area contributed by atoms with Crippen molar-refractivity contribution in [3.8, 4) is 0 Å². The van der Waals surface area contributed by atoms with E-state index in [1.165, 1.54) is 11.1 Å². The molecule has 1 heteroatoms. The summed E-state index contributed by atoms with van der Waals surface area (Å²) in [6.07, 6.45) is 5.37. The third-order valence-electron chi connectivity index (χ3n) is 2.47. The highest BCUT2D eigenvalue weighted by Gasteiger charge is 2.22. The van der Waals surface area contributed by atoms with Crippen LogP contribution in [0.2, 0.25) is 0 Å². The van der Waals surface area contributed by atoms with E-state index in [0.29, 0.717) is 0 Å². The summed E-state index contributed by atoms with van der Waals surface area (Å²) < 4.78 is 0. The normalized spacial score (nSPS) is 26.9. The lowest BCUT2D eigenvalue weighted by Crippen LogP contribution is -2.01. The van der Waals surface area contributed by atoms with Crippen molar-refractivity contribution in [2.24, 2.45) is 0 Å². The fourth-order valence-corrected chi connectivity index (χ4v) is 1.67. The molecule has 1 nitrogen and oxygen atoms in total. The fraction of sp³-hybridized carbons (Fsp3) is 0.455. The van der Waals surface area contributed by atoms with Crippen molar-refractivity contribution < 1.29 is 5.11 Å². The Hall–Kier alpha value is -0.820. The third kappa shape index (κ3) is 1.51. The average molecular weight is 164 g/mol. The van der Waals surface area contributed by atoms with Crippen LogP contribution in [0, 0.1) is 0 Å². The number of aliphatic hydroxyl groups excluding tert-OH is 1. The van der Waals surface area contributed by atoms with Crippen LogP contribution < -0.4 is 0 Å². The maximum Gasteiger partial charge on any atom is 0.0793 e. The van der Waals surface area contributed by atoms with E-state index in [9.17, 15) is 5.11 Å². The van der Waals surface area contributed by atoms with Crippen LogP contribution in [-0.2, 0) is 0 Å². The maximum absolute atomic E-state index is 9.56. The van der Waals surface area contributed by atoms with Crippen LogP contribution >= 0.6 is 0 Å². The molecule has 0 heterocycles. The number of rotatable bonds is 2. The summed E-state index contributed by atoms with van der Waals surface area (Å²) in [7, 11) is 0. The van der Waals surface area contributed by atoms with Crippen molar-refractivity contribution in [2.45, 2.75) is 32.8 Å². The van der Waals surface area contributed by atoms with E-state index < -0.39 is 0 Å². The number of aliphatic hydroxyl groups is 1. The molecule has 0 amide bonds. The molecular weight excluding hydrogens is 148 g/mol. The van der Waals surface area contributed by atoms with Gasteiger partial charge >= 0.3 is 0 Å². The predicted molar refractivity (Wildman–Crippen MR) is 51.9 cm³/mol. The van der Waals surface area contributed by atoms with Crippen LogP contribution in [0.25, 0.3) is 0 Å². The van der Waals surface area contributed by atoms with E-state index in [-0.39, 0.29) is 6.10 Å². The van der Waals surface area contributed by atoms with Crippen molar-refractivity contribution >= 4 is 0 Å². The largest absolute Gasteiger partial charge is 0.388 e. The molecule has 0 radical (unpaired) electrons. The second-order valence-electron chi connectivity index (χ2n) is 3.19. The van der Waals surface area contributed by atoms with E-state index in [2.05, 4.69) is 12.7 Å². The number of hydrogen-bond donors (Lipinski definition) is 1. The molecule has 1 aliphatic rings. The van der Waals surface area contributed by atoms with Crippen LogP contribution in [0.3, 0.4) is 0 Å². The Labute approximate surface area is 74.1 Å². The molecule has 1 aliphatic carbocycles. The van der Waals surface area contributed by atoms with Gasteiger partial charge in [0.25, 0.3) is 0 Å². The second-order valence-corrected chi connectivity index (χ2v) is 3.19. The summed E-state index contributed by atoms with van der Waals surface area (Å²) in [5, 5.41) is 9.56. The van der Waals surface area contributed by atoms with Gasteiger partial charge < -0.3 is 5.11 Å². The topological polar surface area (TPSA) is 20.2 Å². The minimum absolute atomic E-state index is 0.258. The maximum atomic E-state index is 9.56. The highest BCUT2D eigenvalue weighted by molar-refractivity contribution is 5.43. The first-order valence-corrected chi connectivity index (χ1v) is 4.34. The van der Waals surface area contributed by atoms with Crippen molar-refractivity contribution in [3.63, 3.8) is 0 Å². The molecule has 12 heavy (non-hydrogen) atoms. The molecule has 1 unspecified atom stereocenters. The molecule has 1 rings (SSSR count). The molecule has 0 fully saturated rings. The van der Waals surface area contributed by atoms with Gasteiger partial charge in [0.05, 0.1) is 6.10 Å². The third-order valence-corrected chi connectivity index (χ3v) is 2.47. The zero-order valence-corrected chi connectivity index (χ0v) is 7.80. The zero-order valence-electron chi connectivity index (χ0n) is 7.80. The lowest BCUT2D eigenvalue weighted by molar-refractivity contribution is 0.219. The van der Waals surface area contributed by atoms with Crippen LogP contribution in [0.1, 0.15) is 26.7 Å². The SMILES string of the molecule is C=CCC1=C(C)C(O)CC1=CC. The van der Waals surface area contributed by atoms with Crippen molar-refractivity contribution in [1.82, 2.24) is 0 Å². The van der Waals surface area contributed by atoms with Crippen molar-refractivity contribution in [2.75, 3.05) is 0 Å². The van der Waals surface area contributed by atoms with Crippen LogP contribution in [-0.4, -0.2) is 11.2 Å². The van der Waals surface area contributed by atoms with E-state index in [1.807, 2.05) is 19.9 Å². The Bertz CT molecular complexity index is 246. The molecule has 0 aliphatic heterocycles. The Morgan fingerprint density at radius 1 is 1.67 bits per heavy atom. The summed E-state index contributed by atoms with van der Waals surface area (Å²) in [6.45, 7) is 7.73. The molecule has 0 aromatic heterocycles. The van der Waals surface area contributed by atoms with Gasteiger partial charge in [-0.25, -0.2) is 0 Å². The standard InChI is InChI=1S/C11H16O/c1-4-6-10-8(3)11(12)7-9(10)5-2/h4-5,11-12H,1,6-7H2,2-3H3. The van der Waals surface area contributed by atoms with E-state index >= 15 is 0 Å². The Balaban J connectivity index is 2.94. The van der Waals surface area contributed by atoms with Gasteiger partial charge in [0.15, 0.2) is 0 Å². The summed E-state index contributed by atoms with van der Waals surface area (Å²) in [4.78, 5) is 0. The molecule has 0 bridgehead atoms. The van der Waals surface area contributed by atoms with Gasteiger partial charge in [0.2, 0.25) is 0 Å². The van der Waals surface area contributed by atoms with Crippen LogP contribution in [0.5, 0.6) is 0 Å². The molecule has 66 valence electrons. The van der Waals surface area contributed by atoms with Gasteiger partial charge in [-0.05, 0) is 37.0 Å². The van der Waals surface area contributed by atoms with Crippen LogP contribution in [0.15, 0.2) is 35.5 Å². The summed E-state index contributed by atoms with van der Waals surface area (Å²) >= 11 is 0. The van der Waals surface area contributed by atoms with E-state index in [1.54, 1.807) is 0 Å². The van der Waals surface area contributed by atoms with E-state index in [0.717, 1.165) is 18.4 Å². The monoisotopic (exact) mass is 164 g/mol. The molecule has 0 aromatic rings. The summed E-state index contributed by atoms with van der Waals surface area (Å²) in [6, 6.07) is 0. The van der Waals surface area contributed by atoms with Gasteiger partial charge in [0, 0.05) is 6.42 Å². The Kier molecular flexibility index (Phi) is 2.88.